The van der Waals surface area contributed by atoms with Crippen LogP contribution in [0.1, 0.15) is 40.0 Å². The number of carbonyl (C=O) groups is 1. The Kier molecular flexibility index (Phi) is 4.85. The zero-order chi connectivity index (χ0) is 19.1. The molecule has 0 N–H and O–H groups in total. The third-order valence-electron chi connectivity index (χ3n) is 6.69. The predicted molar refractivity (Wildman–Crippen MR) is 113 cm³/mol. The summed E-state index contributed by atoms with van der Waals surface area (Å²) in [4.78, 5) is 12.0. The molecule has 27 heavy (non-hydrogen) atoms. The summed E-state index contributed by atoms with van der Waals surface area (Å²) in [5.41, 5.74) is 0. The number of fused-ring (bicyclic) bond motifs is 2. The van der Waals surface area contributed by atoms with Crippen molar-refractivity contribution < 1.29 is 9.22 Å². The molecule has 0 aromatic heterocycles. The molecule has 4 rings (SSSR count). The van der Waals surface area contributed by atoms with E-state index in [0.717, 1.165) is 25.9 Å². The first-order valence-corrected chi connectivity index (χ1v) is 12.1. The lowest BCUT2D eigenvalue weighted by molar-refractivity contribution is -0.122. The van der Waals surface area contributed by atoms with Gasteiger partial charge in [0, 0.05) is 18.9 Å². The molecule has 0 saturated heterocycles. The number of benzene rings is 2. The van der Waals surface area contributed by atoms with Gasteiger partial charge in [0.2, 0.25) is 0 Å². The summed E-state index contributed by atoms with van der Waals surface area (Å²) in [7, 11) is -2.45. The van der Waals surface area contributed by atoms with Crippen molar-refractivity contribution in [2.24, 2.45) is 17.8 Å². The van der Waals surface area contributed by atoms with Crippen LogP contribution in [0, 0.1) is 17.8 Å². The highest BCUT2D eigenvalue weighted by Crippen LogP contribution is 2.47. The zero-order valence-electron chi connectivity index (χ0n) is 16.7. The molecule has 0 unspecified atom stereocenters. The van der Waals surface area contributed by atoms with Gasteiger partial charge in [-0.2, -0.15) is 0 Å². The minimum atomic E-state index is -2.45. The molecule has 2 bridgehead atoms. The van der Waals surface area contributed by atoms with Crippen LogP contribution < -0.4 is 10.4 Å². The van der Waals surface area contributed by atoms with Crippen LogP contribution in [-0.2, 0) is 9.22 Å². The molecular weight excluding hydrogens is 348 g/mol. The topological polar surface area (TPSA) is 26.3 Å². The van der Waals surface area contributed by atoms with E-state index < -0.39 is 8.32 Å². The van der Waals surface area contributed by atoms with Gasteiger partial charge < -0.3 is 4.43 Å². The van der Waals surface area contributed by atoms with E-state index in [9.17, 15) is 4.79 Å². The molecule has 2 saturated carbocycles. The van der Waals surface area contributed by atoms with Crippen molar-refractivity contribution in [2.45, 2.75) is 45.1 Å². The summed E-state index contributed by atoms with van der Waals surface area (Å²) in [5, 5.41) is 2.69. The average Bonchev–Trinajstić information content (AvgIpc) is 3.22. The third-order valence-corrected chi connectivity index (χ3v) is 11.7. The fourth-order valence-electron chi connectivity index (χ4n) is 5.35. The van der Waals surface area contributed by atoms with E-state index in [4.69, 9.17) is 4.43 Å². The third kappa shape index (κ3) is 3.21. The van der Waals surface area contributed by atoms with Crippen molar-refractivity contribution in [3.05, 3.63) is 60.7 Å². The van der Waals surface area contributed by atoms with Gasteiger partial charge in [0.25, 0.3) is 8.32 Å². The van der Waals surface area contributed by atoms with Crippen LogP contribution in [0.25, 0.3) is 0 Å². The average molecular weight is 379 g/mol. The summed E-state index contributed by atoms with van der Waals surface area (Å²) >= 11 is 0. The van der Waals surface area contributed by atoms with Crippen LogP contribution in [0.5, 0.6) is 0 Å². The lowest BCUT2D eigenvalue weighted by Crippen LogP contribution is -2.67. The van der Waals surface area contributed by atoms with Gasteiger partial charge in [0.15, 0.2) is 0 Å². The molecule has 3 atom stereocenters. The van der Waals surface area contributed by atoms with E-state index in [1.807, 2.05) is 0 Å². The molecular formula is C24H30O2Si. The highest BCUT2D eigenvalue weighted by atomic mass is 28.4. The molecule has 142 valence electrons. The van der Waals surface area contributed by atoms with E-state index in [-0.39, 0.29) is 5.04 Å². The van der Waals surface area contributed by atoms with Crippen molar-refractivity contribution in [1.82, 2.24) is 0 Å². The van der Waals surface area contributed by atoms with Crippen LogP contribution in [0.4, 0.5) is 0 Å². The molecule has 2 aromatic rings. The first-order chi connectivity index (χ1) is 12.9. The molecule has 0 heterocycles. The summed E-state index contributed by atoms with van der Waals surface area (Å²) in [6.07, 6.45) is 2.90. The minimum Gasteiger partial charge on any atom is -0.407 e. The lowest BCUT2D eigenvalue weighted by Gasteiger charge is -2.44. The van der Waals surface area contributed by atoms with Crippen molar-refractivity contribution in [2.75, 3.05) is 6.61 Å². The number of hydrogen-bond donors (Lipinski definition) is 0. The summed E-state index contributed by atoms with van der Waals surface area (Å²) in [6.45, 7) is 7.75. The van der Waals surface area contributed by atoms with Gasteiger partial charge in [-0.1, -0.05) is 81.4 Å². The number of Topliss-reactive ketones (excluding diaryl/α,β-unsaturated/α-hetero) is 1. The standard InChI is InChI=1S/C24H30O2Si/c1-24(2,3)27(21-10-6-4-7-11-21,22-12-8-5-9-13-22)26-17-20-15-19-14-18(20)16-23(19)25/h4-13,18-20H,14-17H2,1-3H3/t18-,19-,20-/m1/s1. The molecule has 0 spiro atoms. The first-order valence-electron chi connectivity index (χ1n) is 10.2. The van der Waals surface area contributed by atoms with Gasteiger partial charge in [0.1, 0.15) is 5.78 Å². The van der Waals surface area contributed by atoms with Crippen molar-refractivity contribution in [3.63, 3.8) is 0 Å². The Morgan fingerprint density at radius 1 is 0.926 bits per heavy atom. The van der Waals surface area contributed by atoms with Gasteiger partial charge in [0.05, 0.1) is 0 Å². The minimum absolute atomic E-state index is 0.0170. The molecule has 2 fully saturated rings. The molecule has 0 aliphatic heterocycles. The Labute approximate surface area is 164 Å². The maximum Gasteiger partial charge on any atom is 0.261 e. The normalized spacial score (nSPS) is 25.1. The summed E-state index contributed by atoms with van der Waals surface area (Å²) in [6, 6.07) is 21.7. The van der Waals surface area contributed by atoms with Crippen LogP contribution in [-0.4, -0.2) is 20.7 Å². The molecule has 0 amide bonds. The Balaban J connectivity index is 1.71. The predicted octanol–water partition coefficient (Wildman–Crippen LogP) is 4.18. The number of carbonyl (C=O) groups excluding carboxylic acids is 1. The molecule has 0 radical (unpaired) electrons. The van der Waals surface area contributed by atoms with Crippen molar-refractivity contribution >= 4 is 24.5 Å². The largest absolute Gasteiger partial charge is 0.407 e. The Morgan fingerprint density at radius 3 is 1.89 bits per heavy atom. The number of hydrogen-bond acceptors (Lipinski definition) is 2. The van der Waals surface area contributed by atoms with Crippen molar-refractivity contribution in [1.29, 1.82) is 0 Å². The zero-order valence-corrected chi connectivity index (χ0v) is 17.7. The summed E-state index contributed by atoms with van der Waals surface area (Å²) < 4.78 is 7.07. The lowest BCUT2D eigenvalue weighted by atomic mass is 9.89. The maximum absolute atomic E-state index is 12.0. The Hall–Kier alpha value is -1.71. The van der Waals surface area contributed by atoms with Crippen molar-refractivity contribution in [3.8, 4) is 0 Å². The van der Waals surface area contributed by atoms with E-state index in [1.54, 1.807) is 0 Å². The maximum atomic E-state index is 12.0. The van der Waals surface area contributed by atoms with E-state index in [0.29, 0.717) is 23.5 Å². The number of rotatable bonds is 5. The number of ketones is 1. The quantitative estimate of drug-likeness (QED) is 0.730. The van der Waals surface area contributed by atoms with Crippen LogP contribution >= 0.6 is 0 Å². The summed E-state index contributed by atoms with van der Waals surface area (Å²) in [5.74, 6) is 1.87. The van der Waals surface area contributed by atoms with Gasteiger partial charge in [-0.3, -0.25) is 4.79 Å². The second-order valence-corrected chi connectivity index (χ2v) is 13.6. The fourth-order valence-corrected chi connectivity index (χ4v) is 9.97. The molecule has 2 aliphatic carbocycles. The fraction of sp³-hybridized carbons (Fsp3) is 0.458. The van der Waals surface area contributed by atoms with E-state index in [2.05, 4.69) is 81.4 Å². The van der Waals surface area contributed by atoms with Gasteiger partial charge in [-0.05, 0) is 40.1 Å². The Morgan fingerprint density at radius 2 is 1.48 bits per heavy atom. The van der Waals surface area contributed by atoms with Crippen LogP contribution in [0.3, 0.4) is 0 Å². The second kappa shape index (κ2) is 7.03. The molecule has 2 nitrogen and oxygen atoms in total. The first kappa shape index (κ1) is 18.6. The van der Waals surface area contributed by atoms with Crippen LogP contribution in [0.15, 0.2) is 60.7 Å². The Bertz CT molecular complexity index is 755. The van der Waals surface area contributed by atoms with Gasteiger partial charge >= 0.3 is 0 Å². The second-order valence-electron chi connectivity index (χ2n) is 9.33. The molecule has 2 aromatic carbocycles. The monoisotopic (exact) mass is 378 g/mol. The van der Waals surface area contributed by atoms with Gasteiger partial charge in [-0.15, -0.1) is 0 Å². The van der Waals surface area contributed by atoms with E-state index >= 15 is 0 Å². The molecule has 3 heteroatoms. The van der Waals surface area contributed by atoms with Crippen LogP contribution in [0.2, 0.25) is 5.04 Å². The smallest absolute Gasteiger partial charge is 0.261 e. The SMILES string of the molecule is CC(C)(C)[Si](OC[C@H]1C[C@H]2C[C@@H]1CC2=O)(c1ccccc1)c1ccccc1. The molecule has 2 aliphatic rings. The van der Waals surface area contributed by atoms with Gasteiger partial charge in [-0.25, -0.2) is 0 Å². The van der Waals surface area contributed by atoms with E-state index in [1.165, 1.54) is 10.4 Å². The highest BCUT2D eigenvalue weighted by Gasteiger charge is 2.52. The highest BCUT2D eigenvalue weighted by molar-refractivity contribution is 6.99.